The van der Waals surface area contributed by atoms with E-state index in [4.69, 9.17) is 26.5 Å². The van der Waals surface area contributed by atoms with Crippen molar-refractivity contribution in [1.82, 2.24) is 5.73 Å². The Kier molecular flexibility index (Phi) is 6.02. The van der Waals surface area contributed by atoms with E-state index in [1.54, 1.807) is 0 Å². The van der Waals surface area contributed by atoms with Crippen LogP contribution in [0.3, 0.4) is 0 Å². The summed E-state index contributed by atoms with van der Waals surface area (Å²) in [7, 11) is 0. The van der Waals surface area contributed by atoms with Crippen LogP contribution in [0.1, 0.15) is 18.4 Å². The summed E-state index contributed by atoms with van der Waals surface area (Å²) in [6.07, 6.45) is -0.218. The summed E-state index contributed by atoms with van der Waals surface area (Å²) in [6, 6.07) is 4.23. The van der Waals surface area contributed by atoms with Crippen LogP contribution in [0.5, 0.6) is 5.75 Å². The van der Waals surface area contributed by atoms with Gasteiger partial charge in [-0.05, 0) is 30.7 Å². The number of hydrogen-bond acceptors (Lipinski definition) is 7. The molecule has 1 amide bonds. The molecule has 5 N–H and O–H groups in total. The van der Waals surface area contributed by atoms with E-state index in [1.807, 2.05) is 0 Å². The summed E-state index contributed by atoms with van der Waals surface area (Å²) in [5.41, 5.74) is 11.9. The number of nitrogens with two attached hydrogens (primary N) is 1. The molecule has 0 aliphatic rings. The second-order valence-electron chi connectivity index (χ2n) is 4.26. The molecule has 0 aliphatic carbocycles. The molecule has 0 aliphatic heterocycles. The Morgan fingerprint density at radius 1 is 1.27 bits per heavy atom. The number of nitrogens with zero attached hydrogens (tertiary/aromatic N) is 1. The minimum atomic E-state index is -1.20. The standard InChI is InChI=1S/C13H14N3O6/c14-9(13(19)20)5-6-10(17)22-8-3-1-7(2-4-8)11(16-21)12(15)18/h1-4,9,15,21H,5-6,14H2,(H,19,20)/t9-/m0/s1. The van der Waals surface area contributed by atoms with Crippen molar-refractivity contribution in [2.45, 2.75) is 18.9 Å². The van der Waals surface area contributed by atoms with Crippen molar-refractivity contribution in [2.75, 3.05) is 0 Å². The van der Waals surface area contributed by atoms with Gasteiger partial charge in [0.25, 0.3) is 5.91 Å². The van der Waals surface area contributed by atoms with Crippen LogP contribution in [-0.4, -0.2) is 39.9 Å². The Morgan fingerprint density at radius 3 is 2.32 bits per heavy atom. The van der Waals surface area contributed by atoms with E-state index >= 15 is 0 Å². The highest BCUT2D eigenvalue weighted by Gasteiger charge is 2.15. The summed E-state index contributed by atoms with van der Waals surface area (Å²) in [5.74, 6) is -2.85. The smallest absolute Gasteiger partial charge is 0.320 e. The van der Waals surface area contributed by atoms with Crippen LogP contribution in [0.25, 0.3) is 0 Å². The first kappa shape index (κ1) is 17.1. The van der Waals surface area contributed by atoms with Gasteiger partial charge in [0.15, 0.2) is 5.71 Å². The predicted molar refractivity (Wildman–Crippen MR) is 73.3 cm³/mol. The zero-order valence-electron chi connectivity index (χ0n) is 11.4. The molecule has 0 saturated carbocycles. The van der Waals surface area contributed by atoms with Crippen LogP contribution < -0.4 is 16.2 Å². The van der Waals surface area contributed by atoms with E-state index < -0.39 is 29.6 Å². The lowest BCUT2D eigenvalue weighted by atomic mass is 10.1. The lowest BCUT2D eigenvalue weighted by Crippen LogP contribution is -2.31. The fourth-order valence-electron chi connectivity index (χ4n) is 1.49. The van der Waals surface area contributed by atoms with Crippen LogP contribution in [0.4, 0.5) is 0 Å². The quantitative estimate of drug-likeness (QED) is 0.206. The monoisotopic (exact) mass is 308 g/mol. The lowest BCUT2D eigenvalue weighted by Gasteiger charge is -2.07. The molecular weight excluding hydrogens is 294 g/mol. The molecule has 1 rings (SSSR count). The van der Waals surface area contributed by atoms with Crippen molar-refractivity contribution in [2.24, 2.45) is 10.9 Å². The van der Waals surface area contributed by atoms with Gasteiger partial charge in [0.1, 0.15) is 11.8 Å². The number of esters is 1. The van der Waals surface area contributed by atoms with Gasteiger partial charge in [-0.15, -0.1) is 0 Å². The van der Waals surface area contributed by atoms with Crippen molar-refractivity contribution < 1.29 is 29.4 Å². The molecule has 117 valence electrons. The van der Waals surface area contributed by atoms with Crippen molar-refractivity contribution in [3.8, 4) is 5.75 Å². The van der Waals surface area contributed by atoms with E-state index in [-0.39, 0.29) is 24.2 Å². The van der Waals surface area contributed by atoms with Gasteiger partial charge in [-0.3, -0.25) is 20.1 Å². The SMILES string of the molecule is [NH]C(=O)C(=NO)c1ccc(OC(=O)CC[C@H](N)C(=O)O)cc1. The van der Waals surface area contributed by atoms with Gasteiger partial charge < -0.3 is 20.8 Å². The zero-order valence-corrected chi connectivity index (χ0v) is 11.4. The number of ether oxygens (including phenoxy) is 1. The number of oxime groups is 1. The number of benzene rings is 1. The number of rotatable bonds is 7. The van der Waals surface area contributed by atoms with Gasteiger partial charge in [-0.25, -0.2) is 0 Å². The number of carboxylic acid groups (broad SMARTS) is 1. The largest absolute Gasteiger partial charge is 0.480 e. The maximum Gasteiger partial charge on any atom is 0.320 e. The summed E-state index contributed by atoms with van der Waals surface area (Å²) in [4.78, 5) is 32.9. The summed E-state index contributed by atoms with van der Waals surface area (Å²) < 4.78 is 4.95. The lowest BCUT2D eigenvalue weighted by molar-refractivity contribution is -0.139. The minimum Gasteiger partial charge on any atom is -0.480 e. The second kappa shape index (κ2) is 7.74. The Hall–Kier alpha value is -2.94. The molecule has 9 nitrogen and oxygen atoms in total. The third-order valence-electron chi connectivity index (χ3n) is 2.65. The highest BCUT2D eigenvalue weighted by molar-refractivity contribution is 6.44. The first-order chi connectivity index (χ1) is 10.3. The molecule has 9 heteroatoms. The molecule has 0 bridgehead atoms. The number of carboxylic acids is 1. The molecule has 0 spiro atoms. The van der Waals surface area contributed by atoms with E-state index in [2.05, 4.69) is 5.16 Å². The van der Waals surface area contributed by atoms with E-state index in [0.717, 1.165) is 0 Å². The normalized spacial score (nSPS) is 12.5. The van der Waals surface area contributed by atoms with Crippen LogP contribution in [0.15, 0.2) is 29.4 Å². The van der Waals surface area contributed by atoms with Crippen LogP contribution >= 0.6 is 0 Å². The number of hydrogen-bond donors (Lipinski definition) is 3. The molecular formula is C13H14N3O6. The van der Waals surface area contributed by atoms with Crippen LogP contribution in [0.2, 0.25) is 0 Å². The van der Waals surface area contributed by atoms with Gasteiger partial charge >= 0.3 is 11.9 Å². The van der Waals surface area contributed by atoms with Gasteiger partial charge in [0.05, 0.1) is 0 Å². The number of carbonyl (C=O) groups is 3. The second-order valence-corrected chi connectivity index (χ2v) is 4.26. The Morgan fingerprint density at radius 2 is 1.86 bits per heavy atom. The Bertz CT molecular complexity index is 596. The van der Waals surface area contributed by atoms with E-state index in [9.17, 15) is 14.4 Å². The third-order valence-corrected chi connectivity index (χ3v) is 2.65. The maximum absolute atomic E-state index is 11.5. The Balaban J connectivity index is 2.63. The first-order valence-corrected chi connectivity index (χ1v) is 6.12. The van der Waals surface area contributed by atoms with Gasteiger partial charge in [-0.2, -0.15) is 0 Å². The fourth-order valence-corrected chi connectivity index (χ4v) is 1.49. The van der Waals surface area contributed by atoms with Crippen molar-refractivity contribution in [1.29, 1.82) is 0 Å². The molecule has 22 heavy (non-hydrogen) atoms. The molecule has 0 fully saturated rings. The highest BCUT2D eigenvalue weighted by atomic mass is 16.5. The van der Waals surface area contributed by atoms with Gasteiger partial charge in [0.2, 0.25) is 0 Å². The van der Waals surface area contributed by atoms with Crippen molar-refractivity contribution in [3.05, 3.63) is 29.8 Å². The minimum absolute atomic E-state index is 0.0546. The van der Waals surface area contributed by atoms with Crippen LogP contribution in [0, 0.1) is 0 Å². The van der Waals surface area contributed by atoms with Crippen LogP contribution in [-0.2, 0) is 14.4 Å². The average Bonchev–Trinajstić information content (AvgIpc) is 2.46. The van der Waals surface area contributed by atoms with Gasteiger partial charge in [-0.1, -0.05) is 5.16 Å². The number of carbonyl (C=O) groups excluding carboxylic acids is 2. The molecule has 0 unspecified atom stereocenters. The number of amides is 1. The molecule has 0 aromatic heterocycles. The molecule has 1 aromatic carbocycles. The average molecular weight is 308 g/mol. The summed E-state index contributed by atoms with van der Waals surface area (Å²) >= 11 is 0. The number of nitrogens with one attached hydrogen (secondary N) is 1. The summed E-state index contributed by atoms with van der Waals surface area (Å²) in [5, 5.41) is 19.9. The molecule has 1 radical (unpaired) electrons. The molecule has 0 heterocycles. The fraction of sp³-hybridized carbons (Fsp3) is 0.231. The first-order valence-electron chi connectivity index (χ1n) is 6.12. The van der Waals surface area contributed by atoms with Crippen molar-refractivity contribution >= 4 is 23.6 Å². The molecule has 1 atom stereocenters. The number of aliphatic carboxylic acids is 1. The predicted octanol–water partition coefficient (Wildman–Crippen LogP) is -0.228. The van der Waals surface area contributed by atoms with Crippen molar-refractivity contribution in [3.63, 3.8) is 0 Å². The highest BCUT2D eigenvalue weighted by Crippen LogP contribution is 2.14. The Labute approximate surface area is 125 Å². The van der Waals surface area contributed by atoms with E-state index in [0.29, 0.717) is 0 Å². The zero-order chi connectivity index (χ0) is 16.7. The molecule has 1 aromatic rings. The summed E-state index contributed by atoms with van der Waals surface area (Å²) in [6.45, 7) is 0. The third kappa shape index (κ3) is 4.87. The van der Waals surface area contributed by atoms with E-state index in [1.165, 1.54) is 24.3 Å². The van der Waals surface area contributed by atoms with Gasteiger partial charge in [0, 0.05) is 12.0 Å². The molecule has 0 saturated heterocycles. The topological polar surface area (TPSA) is 163 Å². The maximum atomic E-state index is 11.5.